The number of Topliss-reactive ketones (excluding diaryl/α,β-unsaturated/α-hetero) is 1. The molecule has 0 atom stereocenters. The largest absolute Gasteiger partial charge is 0.305 e. The van der Waals surface area contributed by atoms with Gasteiger partial charge in [0.2, 0.25) is 0 Å². The van der Waals surface area contributed by atoms with Gasteiger partial charge >= 0.3 is 0 Å². The van der Waals surface area contributed by atoms with Crippen molar-refractivity contribution in [3.8, 4) is 0 Å². The summed E-state index contributed by atoms with van der Waals surface area (Å²) in [4.78, 5) is 16.8. The summed E-state index contributed by atoms with van der Waals surface area (Å²) >= 11 is 2.26. The Morgan fingerprint density at radius 3 is 2.61 bits per heavy atom. The highest BCUT2D eigenvalue weighted by molar-refractivity contribution is 14.1. The summed E-state index contributed by atoms with van der Waals surface area (Å²) < 4.78 is 1.17. The zero-order valence-corrected chi connectivity index (χ0v) is 12.9. The Kier molecular flexibility index (Phi) is 5.14. The van der Waals surface area contributed by atoms with Crippen LogP contribution in [0.25, 0.3) is 0 Å². The predicted octanol–water partition coefficient (Wildman–Crippen LogP) is 2.11. The first-order valence-corrected chi connectivity index (χ1v) is 7.43. The van der Waals surface area contributed by atoms with E-state index in [1.165, 1.54) is 3.57 Å². The second kappa shape index (κ2) is 6.63. The van der Waals surface area contributed by atoms with Crippen LogP contribution in [0, 0.1) is 3.57 Å². The molecular formula is C14H19IN2O. The first-order chi connectivity index (χ1) is 8.65. The number of likely N-dealkylation sites (N-methyl/N-ethyl adjacent to an activating group) is 1. The van der Waals surface area contributed by atoms with Crippen molar-refractivity contribution in [2.75, 3.05) is 39.8 Å². The Labute approximate surface area is 122 Å². The zero-order valence-electron chi connectivity index (χ0n) is 10.7. The van der Waals surface area contributed by atoms with Crippen LogP contribution in [0.4, 0.5) is 0 Å². The molecule has 18 heavy (non-hydrogen) atoms. The molecule has 2 rings (SSSR count). The highest BCUT2D eigenvalue weighted by atomic mass is 127. The highest BCUT2D eigenvalue weighted by Crippen LogP contribution is 2.09. The number of carbonyl (C=O) groups excluding carboxylic acids is 1. The Balaban J connectivity index is 1.92. The van der Waals surface area contributed by atoms with Crippen molar-refractivity contribution < 1.29 is 4.79 Å². The highest BCUT2D eigenvalue weighted by Gasteiger charge is 2.15. The Bertz CT molecular complexity index is 405. The van der Waals surface area contributed by atoms with E-state index in [-0.39, 0.29) is 5.78 Å². The molecule has 0 unspecified atom stereocenters. The number of rotatable bonds is 3. The van der Waals surface area contributed by atoms with Crippen LogP contribution >= 0.6 is 22.6 Å². The van der Waals surface area contributed by atoms with Gasteiger partial charge in [0.1, 0.15) is 0 Å². The average Bonchev–Trinajstić information content (AvgIpc) is 2.55. The third-order valence-corrected chi connectivity index (χ3v) is 4.06. The summed E-state index contributed by atoms with van der Waals surface area (Å²) in [5.74, 6) is 0.232. The maximum absolute atomic E-state index is 12.2. The lowest BCUT2D eigenvalue weighted by Gasteiger charge is -2.19. The van der Waals surface area contributed by atoms with E-state index in [0.717, 1.165) is 38.2 Å². The molecular weight excluding hydrogens is 339 g/mol. The Morgan fingerprint density at radius 2 is 1.89 bits per heavy atom. The molecule has 4 heteroatoms. The molecule has 98 valence electrons. The molecule has 1 heterocycles. The summed E-state index contributed by atoms with van der Waals surface area (Å²) in [5.41, 5.74) is 0.827. The minimum atomic E-state index is 0.232. The molecule has 0 aromatic heterocycles. The summed E-state index contributed by atoms with van der Waals surface area (Å²) in [6.45, 7) is 4.76. The van der Waals surface area contributed by atoms with Gasteiger partial charge in [-0.3, -0.25) is 9.69 Å². The van der Waals surface area contributed by atoms with Crippen molar-refractivity contribution in [1.82, 2.24) is 9.80 Å². The molecule has 0 N–H and O–H groups in total. The number of benzene rings is 1. The lowest BCUT2D eigenvalue weighted by molar-refractivity contribution is 0.0933. The molecule has 0 bridgehead atoms. The molecule has 1 aliphatic rings. The summed E-state index contributed by atoms with van der Waals surface area (Å²) in [5, 5.41) is 0. The quantitative estimate of drug-likeness (QED) is 0.611. The van der Waals surface area contributed by atoms with Gasteiger partial charge in [0.25, 0.3) is 0 Å². The number of ketones is 1. The smallest absolute Gasteiger partial charge is 0.176 e. The van der Waals surface area contributed by atoms with E-state index >= 15 is 0 Å². The van der Waals surface area contributed by atoms with Gasteiger partial charge in [-0.1, -0.05) is 12.1 Å². The topological polar surface area (TPSA) is 23.6 Å². The normalized spacial score (nSPS) is 18.6. The lowest BCUT2D eigenvalue weighted by atomic mass is 10.1. The first-order valence-electron chi connectivity index (χ1n) is 6.35. The fraction of sp³-hybridized carbons (Fsp3) is 0.500. The van der Waals surface area contributed by atoms with Gasteiger partial charge in [0, 0.05) is 22.2 Å². The molecule has 0 saturated carbocycles. The van der Waals surface area contributed by atoms with Gasteiger partial charge in [-0.25, -0.2) is 0 Å². The second-order valence-electron chi connectivity index (χ2n) is 4.86. The van der Waals surface area contributed by atoms with Crippen LogP contribution in [-0.4, -0.2) is 55.4 Å². The fourth-order valence-corrected chi connectivity index (χ4v) is 2.55. The maximum Gasteiger partial charge on any atom is 0.176 e. The minimum Gasteiger partial charge on any atom is -0.305 e. The van der Waals surface area contributed by atoms with Crippen LogP contribution in [0.3, 0.4) is 0 Å². The molecule has 1 aromatic rings. The van der Waals surface area contributed by atoms with Crippen LogP contribution < -0.4 is 0 Å². The Hall–Kier alpha value is -0.460. The Morgan fingerprint density at radius 1 is 1.17 bits per heavy atom. The lowest BCUT2D eigenvalue weighted by Crippen LogP contribution is -2.33. The summed E-state index contributed by atoms with van der Waals surface area (Å²) in [6, 6.07) is 7.83. The molecule has 1 saturated heterocycles. The number of hydrogen-bond donors (Lipinski definition) is 0. The number of hydrogen-bond acceptors (Lipinski definition) is 3. The summed E-state index contributed by atoms with van der Waals surface area (Å²) in [6.07, 6.45) is 1.15. The van der Waals surface area contributed by atoms with Crippen LogP contribution in [0.1, 0.15) is 16.8 Å². The number of carbonyl (C=O) groups is 1. The van der Waals surface area contributed by atoms with E-state index in [9.17, 15) is 4.79 Å². The van der Waals surface area contributed by atoms with E-state index in [0.29, 0.717) is 6.54 Å². The molecule has 1 aromatic carbocycles. The SMILES string of the molecule is CN1CCCN(CC(=O)c2ccc(I)cc2)CC1. The molecule has 0 radical (unpaired) electrons. The molecule has 0 spiro atoms. The van der Waals surface area contributed by atoms with E-state index in [1.54, 1.807) is 0 Å². The van der Waals surface area contributed by atoms with E-state index < -0.39 is 0 Å². The van der Waals surface area contributed by atoms with E-state index in [2.05, 4.69) is 39.4 Å². The van der Waals surface area contributed by atoms with Crippen LogP contribution in [0.2, 0.25) is 0 Å². The molecule has 0 aliphatic carbocycles. The zero-order chi connectivity index (χ0) is 13.0. The van der Waals surface area contributed by atoms with Gasteiger partial charge in [-0.05, 0) is 61.3 Å². The van der Waals surface area contributed by atoms with Crippen LogP contribution in [-0.2, 0) is 0 Å². The fourth-order valence-electron chi connectivity index (χ4n) is 2.19. The molecule has 3 nitrogen and oxygen atoms in total. The molecule has 1 fully saturated rings. The van der Waals surface area contributed by atoms with Gasteiger partial charge in [-0.15, -0.1) is 0 Å². The third-order valence-electron chi connectivity index (χ3n) is 3.35. The molecule has 0 amide bonds. The standard InChI is InChI=1S/C14H19IN2O/c1-16-7-2-8-17(10-9-16)11-14(18)12-3-5-13(15)6-4-12/h3-6H,2,7-11H2,1H3. The molecule has 1 aliphatic heterocycles. The van der Waals surface area contributed by atoms with Crippen molar-refractivity contribution in [2.45, 2.75) is 6.42 Å². The van der Waals surface area contributed by atoms with Gasteiger partial charge in [0.05, 0.1) is 6.54 Å². The third kappa shape index (κ3) is 4.03. The second-order valence-corrected chi connectivity index (χ2v) is 6.11. The van der Waals surface area contributed by atoms with Crippen LogP contribution in [0.15, 0.2) is 24.3 Å². The van der Waals surface area contributed by atoms with Gasteiger partial charge in [0.15, 0.2) is 5.78 Å². The van der Waals surface area contributed by atoms with Crippen molar-refractivity contribution >= 4 is 28.4 Å². The predicted molar refractivity (Wildman–Crippen MR) is 82.0 cm³/mol. The van der Waals surface area contributed by atoms with Crippen molar-refractivity contribution in [1.29, 1.82) is 0 Å². The monoisotopic (exact) mass is 358 g/mol. The van der Waals surface area contributed by atoms with Gasteiger partial charge in [-0.2, -0.15) is 0 Å². The van der Waals surface area contributed by atoms with Crippen molar-refractivity contribution in [2.24, 2.45) is 0 Å². The minimum absolute atomic E-state index is 0.232. The number of halogens is 1. The average molecular weight is 358 g/mol. The maximum atomic E-state index is 12.2. The number of nitrogens with zero attached hydrogens (tertiary/aromatic N) is 2. The van der Waals surface area contributed by atoms with Crippen molar-refractivity contribution in [3.63, 3.8) is 0 Å². The van der Waals surface area contributed by atoms with E-state index in [1.807, 2.05) is 24.3 Å². The first kappa shape index (κ1) is 14.0. The summed E-state index contributed by atoms with van der Waals surface area (Å²) in [7, 11) is 2.14. The van der Waals surface area contributed by atoms with Crippen molar-refractivity contribution in [3.05, 3.63) is 33.4 Å². The van der Waals surface area contributed by atoms with Crippen LogP contribution in [0.5, 0.6) is 0 Å². The van der Waals surface area contributed by atoms with Gasteiger partial charge < -0.3 is 4.90 Å². The van der Waals surface area contributed by atoms with E-state index in [4.69, 9.17) is 0 Å².